The van der Waals surface area contributed by atoms with Crippen LogP contribution in [0.2, 0.25) is 0 Å². The molecule has 0 amide bonds. The van der Waals surface area contributed by atoms with Crippen molar-refractivity contribution >= 4 is 22.4 Å². The molecule has 0 aliphatic rings. The fraction of sp³-hybridized carbons (Fsp3) is 0. The van der Waals surface area contributed by atoms with E-state index in [1.165, 1.54) is 0 Å². The quantitative estimate of drug-likeness (QED) is 0.612. The molecule has 0 radical (unpaired) electrons. The third-order valence-corrected chi connectivity index (χ3v) is 3.98. The van der Waals surface area contributed by atoms with Gasteiger partial charge in [-0.05, 0) is 18.2 Å². The van der Waals surface area contributed by atoms with Gasteiger partial charge < -0.3 is 4.98 Å². The van der Waals surface area contributed by atoms with E-state index in [1.807, 2.05) is 30.6 Å². The minimum absolute atomic E-state index is 0.820. The first-order chi connectivity index (χ1) is 9.90. The van der Waals surface area contributed by atoms with Crippen molar-refractivity contribution in [2.75, 3.05) is 0 Å². The van der Waals surface area contributed by atoms with E-state index in [2.05, 4.69) is 24.9 Å². The Morgan fingerprint density at radius 1 is 1.00 bits per heavy atom. The number of hydrogen-bond donors (Lipinski definition) is 1. The van der Waals surface area contributed by atoms with Crippen LogP contribution in [0.25, 0.3) is 32.3 Å². The second kappa shape index (κ2) is 4.50. The number of pyridine rings is 2. The first-order valence-corrected chi connectivity index (χ1v) is 6.88. The molecule has 0 saturated heterocycles. The van der Waals surface area contributed by atoms with Crippen molar-refractivity contribution in [3.8, 4) is 21.3 Å². The molecule has 0 bridgehead atoms. The number of fused-ring (bicyclic) bond motifs is 1. The van der Waals surface area contributed by atoms with Crippen LogP contribution in [0.5, 0.6) is 0 Å². The number of aromatic nitrogens is 5. The van der Waals surface area contributed by atoms with Crippen LogP contribution in [-0.2, 0) is 0 Å². The summed E-state index contributed by atoms with van der Waals surface area (Å²) < 4.78 is 0. The van der Waals surface area contributed by atoms with Gasteiger partial charge in [0.2, 0.25) is 0 Å². The van der Waals surface area contributed by atoms with E-state index in [0.717, 1.165) is 32.3 Å². The molecule has 4 aromatic rings. The van der Waals surface area contributed by atoms with Gasteiger partial charge in [0.25, 0.3) is 0 Å². The lowest BCUT2D eigenvalue weighted by Crippen LogP contribution is -1.75. The van der Waals surface area contributed by atoms with Crippen LogP contribution in [0, 0.1) is 0 Å². The maximum absolute atomic E-state index is 4.55. The summed E-state index contributed by atoms with van der Waals surface area (Å²) in [6.45, 7) is 0. The van der Waals surface area contributed by atoms with E-state index in [0.29, 0.717) is 0 Å². The Morgan fingerprint density at radius 3 is 2.80 bits per heavy atom. The Balaban J connectivity index is 1.78. The molecule has 4 aromatic heterocycles. The van der Waals surface area contributed by atoms with Gasteiger partial charge >= 0.3 is 0 Å². The van der Waals surface area contributed by atoms with Gasteiger partial charge in [-0.1, -0.05) is 0 Å². The van der Waals surface area contributed by atoms with Gasteiger partial charge in [0.1, 0.15) is 10.8 Å². The molecule has 0 aliphatic carbocycles. The van der Waals surface area contributed by atoms with Gasteiger partial charge in [-0.2, -0.15) is 0 Å². The van der Waals surface area contributed by atoms with E-state index in [-0.39, 0.29) is 0 Å². The molecule has 6 heteroatoms. The third-order valence-electron chi connectivity index (χ3n) is 2.93. The van der Waals surface area contributed by atoms with Crippen molar-refractivity contribution in [2.45, 2.75) is 0 Å². The molecule has 4 rings (SSSR count). The highest BCUT2D eigenvalue weighted by Gasteiger charge is 2.10. The van der Waals surface area contributed by atoms with Crippen molar-refractivity contribution in [1.29, 1.82) is 0 Å². The molecule has 0 atom stereocenters. The fourth-order valence-corrected chi connectivity index (χ4v) is 2.83. The Bertz CT molecular complexity index is 832. The number of hydrogen-bond acceptors (Lipinski definition) is 5. The molecule has 1 N–H and O–H groups in total. The molecule has 0 fully saturated rings. The minimum Gasteiger partial charge on any atom is -0.336 e. The predicted octanol–water partition coefficient (Wildman–Crippen LogP) is 3.14. The number of H-pyrrole nitrogens is 1. The fourth-order valence-electron chi connectivity index (χ4n) is 1.98. The lowest BCUT2D eigenvalue weighted by molar-refractivity contribution is 1.31. The number of thiazole rings is 1. The second-order valence-corrected chi connectivity index (χ2v) is 5.28. The monoisotopic (exact) mass is 279 g/mol. The molecule has 0 saturated carbocycles. The summed E-state index contributed by atoms with van der Waals surface area (Å²) >= 11 is 1.59. The van der Waals surface area contributed by atoms with Gasteiger partial charge in [0.05, 0.1) is 22.1 Å². The zero-order valence-electron chi connectivity index (χ0n) is 10.3. The highest BCUT2D eigenvalue weighted by Crippen LogP contribution is 2.30. The van der Waals surface area contributed by atoms with Crippen LogP contribution < -0.4 is 0 Å². The lowest BCUT2D eigenvalue weighted by atomic mass is 10.3. The molecule has 0 unspecified atom stereocenters. The zero-order chi connectivity index (χ0) is 13.4. The van der Waals surface area contributed by atoms with Crippen LogP contribution >= 0.6 is 11.3 Å². The smallest absolute Gasteiger partial charge is 0.150 e. The van der Waals surface area contributed by atoms with E-state index in [1.54, 1.807) is 29.9 Å². The van der Waals surface area contributed by atoms with Crippen molar-refractivity contribution in [3.05, 3.63) is 49.2 Å². The Morgan fingerprint density at radius 2 is 1.95 bits per heavy atom. The van der Waals surface area contributed by atoms with E-state index in [9.17, 15) is 0 Å². The van der Waals surface area contributed by atoms with E-state index >= 15 is 0 Å². The number of rotatable bonds is 2. The number of aromatic amines is 1. The summed E-state index contributed by atoms with van der Waals surface area (Å²) in [7, 11) is 0. The molecule has 0 spiro atoms. The highest BCUT2D eigenvalue weighted by molar-refractivity contribution is 7.18. The Kier molecular flexibility index (Phi) is 2.53. The van der Waals surface area contributed by atoms with Crippen LogP contribution in [0.3, 0.4) is 0 Å². The largest absolute Gasteiger partial charge is 0.336 e. The van der Waals surface area contributed by atoms with Crippen molar-refractivity contribution in [3.63, 3.8) is 0 Å². The lowest BCUT2D eigenvalue weighted by Gasteiger charge is -1.92. The van der Waals surface area contributed by atoms with Gasteiger partial charge in [-0.15, -0.1) is 11.3 Å². The van der Waals surface area contributed by atoms with Crippen molar-refractivity contribution in [1.82, 2.24) is 24.9 Å². The summed E-state index contributed by atoms with van der Waals surface area (Å²) in [6.07, 6.45) is 8.91. The zero-order valence-corrected chi connectivity index (χ0v) is 11.1. The van der Waals surface area contributed by atoms with Gasteiger partial charge in [0, 0.05) is 30.4 Å². The van der Waals surface area contributed by atoms with Crippen LogP contribution in [0.1, 0.15) is 0 Å². The normalized spacial score (nSPS) is 11.0. The summed E-state index contributed by atoms with van der Waals surface area (Å²) in [5.41, 5.74) is 2.85. The molecule has 0 aliphatic heterocycles. The van der Waals surface area contributed by atoms with Gasteiger partial charge in [0.15, 0.2) is 0 Å². The molecule has 96 valence electrons. The first-order valence-electron chi connectivity index (χ1n) is 6.06. The molecule has 0 aromatic carbocycles. The first kappa shape index (κ1) is 11.2. The van der Waals surface area contributed by atoms with Crippen LogP contribution in [0.4, 0.5) is 0 Å². The summed E-state index contributed by atoms with van der Waals surface area (Å²) in [5.74, 6) is 0.820. The second-order valence-electron chi connectivity index (χ2n) is 4.25. The summed E-state index contributed by atoms with van der Waals surface area (Å²) in [4.78, 5) is 21.4. The molecule has 5 nitrogen and oxygen atoms in total. The maximum atomic E-state index is 4.55. The summed E-state index contributed by atoms with van der Waals surface area (Å²) in [5, 5.41) is 0.937. The average Bonchev–Trinajstić information content (AvgIpc) is 3.14. The topological polar surface area (TPSA) is 67.3 Å². The van der Waals surface area contributed by atoms with E-state index in [4.69, 9.17) is 0 Å². The van der Waals surface area contributed by atoms with E-state index < -0.39 is 0 Å². The molecule has 4 heterocycles. The van der Waals surface area contributed by atoms with Crippen LogP contribution in [-0.4, -0.2) is 24.9 Å². The van der Waals surface area contributed by atoms with Crippen molar-refractivity contribution < 1.29 is 0 Å². The van der Waals surface area contributed by atoms with Crippen LogP contribution in [0.15, 0.2) is 49.2 Å². The molecular formula is C14H9N5S. The standard InChI is InChI=1S/C14H9N5S/c1-2-9(6-15-4-1)14-17-8-12(20-14)13-18-10-3-5-16-7-11(10)19-13/h1-8H,(H,18,19). The molecular weight excluding hydrogens is 270 g/mol. The highest BCUT2D eigenvalue weighted by atomic mass is 32.1. The minimum atomic E-state index is 0.820. The van der Waals surface area contributed by atoms with Crippen molar-refractivity contribution in [2.24, 2.45) is 0 Å². The average molecular weight is 279 g/mol. The Labute approximate surface area is 118 Å². The van der Waals surface area contributed by atoms with Gasteiger partial charge in [-0.3, -0.25) is 9.97 Å². The SMILES string of the molecule is c1cncc(-c2ncc(-c3nc4ccncc4[nH]3)s2)c1. The number of nitrogens with one attached hydrogen (secondary N) is 1. The van der Waals surface area contributed by atoms with Gasteiger partial charge in [-0.25, -0.2) is 9.97 Å². The summed E-state index contributed by atoms with van der Waals surface area (Å²) in [6, 6.07) is 5.79. The molecule has 20 heavy (non-hydrogen) atoms. The number of imidazole rings is 1. The number of nitrogens with zero attached hydrogens (tertiary/aromatic N) is 4. The maximum Gasteiger partial charge on any atom is 0.150 e. The predicted molar refractivity (Wildman–Crippen MR) is 78.2 cm³/mol. The Hall–Kier alpha value is -2.60. The third kappa shape index (κ3) is 1.86.